The van der Waals surface area contributed by atoms with E-state index in [0.717, 1.165) is 35.2 Å². The van der Waals surface area contributed by atoms with Gasteiger partial charge >= 0.3 is 0 Å². The normalized spacial score (nSPS) is 14.4. The van der Waals surface area contributed by atoms with E-state index >= 15 is 0 Å². The van der Waals surface area contributed by atoms with Crippen molar-refractivity contribution in [3.63, 3.8) is 0 Å². The first-order chi connectivity index (χ1) is 15.8. The Morgan fingerprint density at radius 1 is 0.875 bits per heavy atom. The minimum absolute atomic E-state index is 0.954. The first-order valence-electron chi connectivity index (χ1n) is 11.0. The Kier molecular flexibility index (Phi) is 4.46. The molecule has 2 heterocycles. The van der Waals surface area contributed by atoms with Gasteiger partial charge < -0.3 is 0 Å². The molecule has 5 aromatic rings. The van der Waals surface area contributed by atoms with Crippen LogP contribution in [0.5, 0.6) is 0 Å². The van der Waals surface area contributed by atoms with Gasteiger partial charge in [0.1, 0.15) is 5.65 Å². The molecule has 2 aromatic heterocycles. The molecule has 0 aliphatic heterocycles. The number of fused-ring (bicyclic) bond motifs is 8. The van der Waals surface area contributed by atoms with Crippen LogP contribution in [0.15, 0.2) is 95.5 Å². The molecule has 0 amide bonds. The van der Waals surface area contributed by atoms with Gasteiger partial charge in [-0.1, -0.05) is 66.7 Å². The standard InChI is InChI=1S/C29H23N3/c1-30-25(18-15-20-9-3-2-4-10-20)21-16-17-23-24(19-21)22-11-5-7-13-27(22)32-28-14-8-6-12-26(28)31-29(23)32/h2-15,18-19H,16-17H2,1H3/b18-15-,30-25?. The number of hydrogen-bond donors (Lipinski definition) is 0. The molecular weight excluding hydrogens is 390 g/mol. The van der Waals surface area contributed by atoms with Crippen LogP contribution in [0.4, 0.5) is 0 Å². The molecule has 0 spiro atoms. The van der Waals surface area contributed by atoms with Crippen molar-refractivity contribution in [3.05, 3.63) is 107 Å². The quantitative estimate of drug-likeness (QED) is 0.301. The molecule has 0 bridgehead atoms. The van der Waals surface area contributed by atoms with E-state index in [1.807, 2.05) is 13.1 Å². The number of para-hydroxylation sites is 3. The third-order valence-corrected chi connectivity index (χ3v) is 6.36. The third-order valence-electron chi connectivity index (χ3n) is 6.36. The zero-order valence-electron chi connectivity index (χ0n) is 18.0. The number of imidazole rings is 1. The number of pyridine rings is 1. The average Bonchev–Trinajstić information content (AvgIpc) is 3.25. The van der Waals surface area contributed by atoms with E-state index in [2.05, 4.69) is 100 Å². The van der Waals surface area contributed by atoms with Gasteiger partial charge in [-0.25, -0.2) is 4.98 Å². The van der Waals surface area contributed by atoms with Crippen LogP contribution in [-0.2, 0) is 6.42 Å². The van der Waals surface area contributed by atoms with Crippen molar-refractivity contribution in [1.29, 1.82) is 0 Å². The molecule has 0 radical (unpaired) electrons. The van der Waals surface area contributed by atoms with Crippen molar-refractivity contribution >= 4 is 45.4 Å². The average molecular weight is 414 g/mol. The molecule has 3 heteroatoms. The molecule has 32 heavy (non-hydrogen) atoms. The molecule has 1 aliphatic carbocycles. The molecular formula is C29H23N3. The number of aryl methyl sites for hydroxylation is 1. The number of hydrogen-bond acceptors (Lipinski definition) is 2. The number of rotatable bonds is 3. The largest absolute Gasteiger partial charge is 0.292 e. The highest BCUT2D eigenvalue weighted by atomic mass is 15.0. The maximum Gasteiger partial charge on any atom is 0.142 e. The lowest BCUT2D eigenvalue weighted by molar-refractivity contribution is 0.960. The molecule has 3 nitrogen and oxygen atoms in total. The molecule has 0 fully saturated rings. The molecule has 6 rings (SSSR count). The summed E-state index contributed by atoms with van der Waals surface area (Å²) in [6.07, 6.45) is 8.52. The van der Waals surface area contributed by atoms with Gasteiger partial charge in [-0.05, 0) is 59.9 Å². The van der Waals surface area contributed by atoms with Crippen molar-refractivity contribution < 1.29 is 0 Å². The SMILES string of the molecule is CN=C(/C=C\c1ccccc1)C1=Cc2c(c3nc4ccccc4n3c3ccccc23)CC1. The second kappa shape index (κ2) is 7.61. The first-order valence-corrected chi connectivity index (χ1v) is 11.0. The highest BCUT2D eigenvalue weighted by molar-refractivity contribution is 6.14. The third kappa shape index (κ3) is 2.97. The Balaban J connectivity index is 1.55. The van der Waals surface area contributed by atoms with Gasteiger partial charge in [-0.3, -0.25) is 9.39 Å². The predicted molar refractivity (Wildman–Crippen MR) is 135 cm³/mol. The van der Waals surface area contributed by atoms with Crippen molar-refractivity contribution in [1.82, 2.24) is 9.38 Å². The second-order valence-corrected chi connectivity index (χ2v) is 8.19. The van der Waals surface area contributed by atoms with Crippen LogP contribution in [0.3, 0.4) is 0 Å². The van der Waals surface area contributed by atoms with Crippen LogP contribution in [0.2, 0.25) is 0 Å². The van der Waals surface area contributed by atoms with E-state index in [1.165, 1.54) is 33.2 Å². The zero-order chi connectivity index (χ0) is 21.5. The number of benzene rings is 3. The van der Waals surface area contributed by atoms with Crippen molar-refractivity contribution in [2.75, 3.05) is 7.05 Å². The summed E-state index contributed by atoms with van der Waals surface area (Å²) in [5.41, 5.74) is 10.6. The fourth-order valence-corrected chi connectivity index (χ4v) is 4.84. The summed E-state index contributed by atoms with van der Waals surface area (Å²) in [4.78, 5) is 9.65. The minimum Gasteiger partial charge on any atom is -0.292 e. The summed E-state index contributed by atoms with van der Waals surface area (Å²) in [5.74, 6) is 0. The highest BCUT2D eigenvalue weighted by Gasteiger charge is 2.21. The van der Waals surface area contributed by atoms with E-state index in [0.29, 0.717) is 0 Å². The number of aromatic nitrogens is 2. The van der Waals surface area contributed by atoms with Gasteiger partial charge in [0.25, 0.3) is 0 Å². The maximum atomic E-state index is 5.03. The van der Waals surface area contributed by atoms with Gasteiger partial charge in [-0.15, -0.1) is 0 Å². The Labute approximate surface area is 187 Å². The fraction of sp³-hybridized carbons (Fsp3) is 0.103. The molecule has 0 atom stereocenters. The van der Waals surface area contributed by atoms with Crippen molar-refractivity contribution in [2.45, 2.75) is 12.8 Å². The van der Waals surface area contributed by atoms with Gasteiger partial charge in [0.2, 0.25) is 0 Å². The van der Waals surface area contributed by atoms with Crippen LogP contribution in [0.1, 0.15) is 23.1 Å². The lowest BCUT2D eigenvalue weighted by Gasteiger charge is -2.20. The van der Waals surface area contributed by atoms with Crippen LogP contribution in [-0.4, -0.2) is 22.1 Å². The predicted octanol–water partition coefficient (Wildman–Crippen LogP) is 6.75. The van der Waals surface area contributed by atoms with Crippen LogP contribution in [0.25, 0.3) is 39.7 Å². The Morgan fingerprint density at radius 2 is 1.62 bits per heavy atom. The Hall–Kier alpha value is -3.98. The molecule has 3 aromatic carbocycles. The summed E-state index contributed by atoms with van der Waals surface area (Å²) in [7, 11) is 1.88. The Morgan fingerprint density at radius 3 is 2.47 bits per heavy atom. The number of allylic oxidation sites excluding steroid dienone is 2. The Bertz CT molecular complexity index is 1570. The summed E-state index contributed by atoms with van der Waals surface area (Å²) < 4.78 is 2.33. The molecule has 154 valence electrons. The lowest BCUT2D eigenvalue weighted by atomic mass is 9.88. The van der Waals surface area contributed by atoms with E-state index in [1.54, 1.807) is 0 Å². The molecule has 0 unspecified atom stereocenters. The second-order valence-electron chi connectivity index (χ2n) is 8.19. The highest BCUT2D eigenvalue weighted by Crippen LogP contribution is 2.36. The molecule has 1 aliphatic rings. The van der Waals surface area contributed by atoms with E-state index in [4.69, 9.17) is 4.98 Å². The summed E-state index contributed by atoms with van der Waals surface area (Å²) >= 11 is 0. The maximum absolute atomic E-state index is 5.03. The summed E-state index contributed by atoms with van der Waals surface area (Å²) in [6, 6.07) is 27.5. The van der Waals surface area contributed by atoms with Gasteiger partial charge in [-0.2, -0.15) is 0 Å². The van der Waals surface area contributed by atoms with Crippen molar-refractivity contribution in [3.8, 4) is 0 Å². The fourth-order valence-electron chi connectivity index (χ4n) is 4.84. The lowest BCUT2D eigenvalue weighted by Crippen LogP contribution is -2.09. The molecule has 0 saturated carbocycles. The van der Waals surface area contributed by atoms with E-state index in [9.17, 15) is 0 Å². The van der Waals surface area contributed by atoms with Crippen LogP contribution >= 0.6 is 0 Å². The number of aliphatic imine (C=N–C) groups is 1. The smallest absolute Gasteiger partial charge is 0.142 e. The first kappa shape index (κ1) is 18.8. The van der Waals surface area contributed by atoms with E-state index in [-0.39, 0.29) is 0 Å². The minimum atomic E-state index is 0.954. The van der Waals surface area contributed by atoms with Gasteiger partial charge in [0.05, 0.1) is 22.3 Å². The van der Waals surface area contributed by atoms with Crippen LogP contribution in [0, 0.1) is 0 Å². The summed E-state index contributed by atoms with van der Waals surface area (Å²) in [5, 5.41) is 1.26. The summed E-state index contributed by atoms with van der Waals surface area (Å²) in [6.45, 7) is 0. The molecule has 0 saturated heterocycles. The zero-order valence-corrected chi connectivity index (χ0v) is 18.0. The van der Waals surface area contributed by atoms with Crippen molar-refractivity contribution in [2.24, 2.45) is 4.99 Å². The topological polar surface area (TPSA) is 29.7 Å². The van der Waals surface area contributed by atoms with Crippen LogP contribution < -0.4 is 0 Å². The van der Waals surface area contributed by atoms with E-state index < -0.39 is 0 Å². The number of nitrogens with zero attached hydrogens (tertiary/aromatic N) is 3. The monoisotopic (exact) mass is 413 g/mol. The van der Waals surface area contributed by atoms with Gasteiger partial charge in [0.15, 0.2) is 0 Å². The van der Waals surface area contributed by atoms with Gasteiger partial charge in [0, 0.05) is 18.0 Å². The molecule has 0 N–H and O–H groups in total.